The largest absolute Gasteiger partial charge is 0.340 e. The van der Waals surface area contributed by atoms with Crippen LogP contribution >= 0.6 is 0 Å². The van der Waals surface area contributed by atoms with Crippen molar-refractivity contribution in [3.05, 3.63) is 94.1 Å². The first-order valence-electron chi connectivity index (χ1n) is 10.6. The second-order valence-corrected chi connectivity index (χ2v) is 9.15. The number of hydrogen-bond donors (Lipinski definition) is 0. The van der Waals surface area contributed by atoms with Crippen molar-refractivity contribution in [2.75, 3.05) is 7.05 Å². The minimum atomic E-state index is -0.00106. The molecule has 0 saturated heterocycles. The van der Waals surface area contributed by atoms with Crippen molar-refractivity contribution in [2.24, 2.45) is 0 Å². The summed E-state index contributed by atoms with van der Waals surface area (Å²) in [4.78, 5) is 27.8. The Balaban J connectivity index is 1.63. The van der Waals surface area contributed by atoms with Crippen molar-refractivity contribution < 1.29 is 4.79 Å². The fourth-order valence-corrected chi connectivity index (χ4v) is 3.98. The van der Waals surface area contributed by atoms with Crippen molar-refractivity contribution in [2.45, 2.75) is 39.3 Å². The van der Waals surface area contributed by atoms with E-state index in [9.17, 15) is 9.59 Å². The van der Waals surface area contributed by atoms with Crippen LogP contribution in [-0.4, -0.2) is 22.4 Å². The molecule has 1 heterocycles. The van der Waals surface area contributed by atoms with Crippen molar-refractivity contribution in [3.63, 3.8) is 0 Å². The summed E-state index contributed by atoms with van der Waals surface area (Å²) in [6.45, 7) is 7.29. The molecule has 0 aliphatic rings. The molecule has 0 atom stereocenters. The molecule has 1 amide bonds. The van der Waals surface area contributed by atoms with Crippen LogP contribution in [-0.2, 0) is 23.3 Å². The topological polar surface area (TPSA) is 42.3 Å². The molecule has 4 nitrogen and oxygen atoms in total. The van der Waals surface area contributed by atoms with E-state index in [4.69, 9.17) is 0 Å². The quantitative estimate of drug-likeness (QED) is 0.437. The average molecular weight is 413 g/mol. The van der Waals surface area contributed by atoms with E-state index in [2.05, 4.69) is 45.0 Å². The van der Waals surface area contributed by atoms with Gasteiger partial charge in [-0.3, -0.25) is 9.59 Å². The van der Waals surface area contributed by atoms with Gasteiger partial charge in [0.1, 0.15) is 6.54 Å². The molecule has 0 aliphatic carbocycles. The van der Waals surface area contributed by atoms with Crippen LogP contribution in [0.1, 0.15) is 31.9 Å². The van der Waals surface area contributed by atoms with E-state index in [1.54, 1.807) is 4.90 Å². The number of pyridine rings is 1. The summed E-state index contributed by atoms with van der Waals surface area (Å²) in [5, 5.41) is 1.27. The third-order valence-electron chi connectivity index (χ3n) is 5.84. The summed E-state index contributed by atoms with van der Waals surface area (Å²) in [7, 11) is 1.83. The van der Waals surface area contributed by atoms with E-state index in [0.29, 0.717) is 17.3 Å². The summed E-state index contributed by atoms with van der Waals surface area (Å²) in [6, 6.07) is 23.4. The second kappa shape index (κ2) is 8.03. The number of amides is 1. The first kappa shape index (κ1) is 20.9. The molecular formula is C27H28N2O2. The number of fused-ring (bicyclic) bond motifs is 2. The van der Waals surface area contributed by atoms with Crippen LogP contribution in [0.25, 0.3) is 21.8 Å². The number of hydrogen-bond acceptors (Lipinski definition) is 2. The zero-order chi connectivity index (χ0) is 22.2. The molecule has 0 saturated carbocycles. The van der Waals surface area contributed by atoms with Gasteiger partial charge in [0.05, 0.1) is 11.0 Å². The van der Waals surface area contributed by atoms with Gasteiger partial charge in [-0.25, -0.2) is 0 Å². The Kier molecular flexibility index (Phi) is 5.40. The highest BCUT2D eigenvalue weighted by molar-refractivity contribution is 5.94. The van der Waals surface area contributed by atoms with Gasteiger partial charge < -0.3 is 9.47 Å². The molecule has 4 rings (SSSR count). The van der Waals surface area contributed by atoms with Gasteiger partial charge in [-0.15, -0.1) is 0 Å². The second-order valence-electron chi connectivity index (χ2n) is 9.15. The van der Waals surface area contributed by atoms with Crippen molar-refractivity contribution in [1.29, 1.82) is 0 Å². The molecule has 158 valence electrons. The monoisotopic (exact) mass is 412 g/mol. The predicted octanol–water partition coefficient (Wildman–Crippen LogP) is 5.11. The zero-order valence-electron chi connectivity index (χ0n) is 18.6. The number of nitrogens with zero attached hydrogens (tertiary/aromatic N) is 2. The minimum Gasteiger partial charge on any atom is -0.340 e. The molecule has 0 bridgehead atoms. The van der Waals surface area contributed by atoms with E-state index in [1.807, 2.05) is 60.1 Å². The van der Waals surface area contributed by atoms with Gasteiger partial charge in [-0.2, -0.15) is 0 Å². The highest BCUT2D eigenvalue weighted by Crippen LogP contribution is 2.23. The molecule has 1 aromatic heterocycles. The molecule has 0 N–H and O–H groups in total. The lowest BCUT2D eigenvalue weighted by atomic mass is 9.87. The molecular weight excluding hydrogens is 384 g/mol. The predicted molar refractivity (Wildman–Crippen MR) is 127 cm³/mol. The van der Waals surface area contributed by atoms with E-state index in [1.165, 1.54) is 5.56 Å². The van der Waals surface area contributed by atoms with E-state index < -0.39 is 0 Å². The summed E-state index contributed by atoms with van der Waals surface area (Å²) < 4.78 is 1.95. The highest BCUT2D eigenvalue weighted by Gasteiger charge is 2.16. The zero-order valence-corrected chi connectivity index (χ0v) is 18.6. The minimum absolute atomic E-state index is 0.00106. The number of rotatable bonds is 4. The average Bonchev–Trinajstić information content (AvgIpc) is 2.76. The Morgan fingerprint density at radius 2 is 1.35 bits per heavy atom. The lowest BCUT2D eigenvalue weighted by molar-refractivity contribution is -0.130. The van der Waals surface area contributed by atoms with Crippen molar-refractivity contribution in [3.8, 4) is 0 Å². The molecule has 31 heavy (non-hydrogen) atoms. The van der Waals surface area contributed by atoms with Gasteiger partial charge in [0.2, 0.25) is 5.91 Å². The number of benzene rings is 3. The molecule has 0 spiro atoms. The lowest BCUT2D eigenvalue weighted by Crippen LogP contribution is -2.30. The molecule has 4 aromatic rings. The van der Waals surface area contributed by atoms with Crippen LogP contribution in [0.2, 0.25) is 0 Å². The standard InChI is InChI=1S/C27H28N2O2/c1-27(2,3)20-15-13-19(14-16-20)17-28(4)25(30)18-29-23-11-7-5-9-21(23)26(31)22-10-6-8-12-24(22)29/h5-16H,17-18H2,1-4H3. The van der Waals surface area contributed by atoms with Crippen molar-refractivity contribution in [1.82, 2.24) is 9.47 Å². The summed E-state index contributed by atoms with van der Waals surface area (Å²) in [5.74, 6) is -0.00106. The summed E-state index contributed by atoms with van der Waals surface area (Å²) >= 11 is 0. The Morgan fingerprint density at radius 1 is 0.839 bits per heavy atom. The lowest BCUT2D eigenvalue weighted by Gasteiger charge is -2.22. The van der Waals surface area contributed by atoms with Crippen LogP contribution in [0, 0.1) is 0 Å². The first-order chi connectivity index (χ1) is 14.8. The van der Waals surface area contributed by atoms with Crippen LogP contribution < -0.4 is 5.43 Å². The molecule has 3 aromatic carbocycles. The Labute approximate surface area is 182 Å². The van der Waals surface area contributed by atoms with Gasteiger partial charge >= 0.3 is 0 Å². The number of carbonyl (C=O) groups is 1. The Hall–Kier alpha value is -3.40. The van der Waals surface area contributed by atoms with Crippen LogP contribution in [0.3, 0.4) is 0 Å². The van der Waals surface area contributed by atoms with Crippen LogP contribution in [0.15, 0.2) is 77.6 Å². The van der Waals surface area contributed by atoms with Crippen LogP contribution in [0.4, 0.5) is 0 Å². The maximum Gasteiger partial charge on any atom is 0.242 e. The molecule has 0 aliphatic heterocycles. The van der Waals surface area contributed by atoms with E-state index in [0.717, 1.165) is 16.6 Å². The fraction of sp³-hybridized carbons (Fsp3) is 0.259. The maximum absolute atomic E-state index is 13.1. The number of aromatic nitrogens is 1. The Bertz CT molecular complexity index is 1250. The Morgan fingerprint density at radius 3 is 1.87 bits per heavy atom. The number of para-hydroxylation sites is 2. The van der Waals surface area contributed by atoms with Gasteiger partial charge in [0, 0.05) is 24.4 Å². The first-order valence-corrected chi connectivity index (χ1v) is 10.6. The number of likely N-dealkylation sites (N-methyl/N-ethyl adjacent to an activating group) is 1. The smallest absolute Gasteiger partial charge is 0.242 e. The van der Waals surface area contributed by atoms with Gasteiger partial charge in [0.15, 0.2) is 5.43 Å². The van der Waals surface area contributed by atoms with Crippen molar-refractivity contribution >= 4 is 27.7 Å². The number of carbonyl (C=O) groups excluding carboxylic acids is 1. The van der Waals surface area contributed by atoms with Gasteiger partial charge in [-0.1, -0.05) is 69.3 Å². The van der Waals surface area contributed by atoms with Gasteiger partial charge in [0.25, 0.3) is 0 Å². The third kappa shape index (κ3) is 4.11. The van der Waals surface area contributed by atoms with E-state index in [-0.39, 0.29) is 23.3 Å². The van der Waals surface area contributed by atoms with E-state index >= 15 is 0 Å². The summed E-state index contributed by atoms with van der Waals surface area (Å²) in [6.07, 6.45) is 0. The highest BCUT2D eigenvalue weighted by atomic mass is 16.2. The summed E-state index contributed by atoms with van der Waals surface area (Å²) in [5.41, 5.74) is 4.04. The molecule has 0 radical (unpaired) electrons. The molecule has 0 fully saturated rings. The third-order valence-corrected chi connectivity index (χ3v) is 5.84. The van der Waals surface area contributed by atoms with Gasteiger partial charge in [-0.05, 0) is 40.8 Å². The fourth-order valence-electron chi connectivity index (χ4n) is 3.98. The molecule has 4 heteroatoms. The SMILES string of the molecule is CN(Cc1ccc(C(C)(C)C)cc1)C(=O)Cn1c2ccccc2c(=O)c2ccccc21. The van der Waals surface area contributed by atoms with Crippen LogP contribution in [0.5, 0.6) is 0 Å². The molecule has 0 unspecified atom stereocenters. The maximum atomic E-state index is 13.1. The normalized spacial score (nSPS) is 11.7.